The zero-order chi connectivity index (χ0) is 14.6. The molecule has 1 aromatic rings. The summed E-state index contributed by atoms with van der Waals surface area (Å²) in [5, 5.41) is 8.93. The summed E-state index contributed by atoms with van der Waals surface area (Å²) in [6.45, 7) is 5.20. The molecule has 0 aromatic heterocycles. The fourth-order valence-corrected chi connectivity index (χ4v) is 1.62. The second-order valence-corrected chi connectivity index (χ2v) is 4.92. The Morgan fingerprint density at radius 3 is 2.21 bits per heavy atom. The monoisotopic (exact) mass is 264 g/mol. The maximum absolute atomic E-state index is 12.2. The average Bonchev–Trinajstić information content (AvgIpc) is 2.35. The zero-order valence-corrected chi connectivity index (χ0v) is 11.5. The molecule has 0 aliphatic carbocycles. The van der Waals surface area contributed by atoms with Crippen LogP contribution < -0.4 is 10.6 Å². The Morgan fingerprint density at radius 2 is 1.79 bits per heavy atom. The third-order valence-electron chi connectivity index (χ3n) is 2.91. The molecule has 1 atom stereocenters. The summed E-state index contributed by atoms with van der Waals surface area (Å²) in [5.74, 6) is -1.49. The maximum atomic E-state index is 12.2. The summed E-state index contributed by atoms with van der Waals surface area (Å²) >= 11 is 0. The van der Waals surface area contributed by atoms with Crippen molar-refractivity contribution < 1.29 is 14.7 Å². The van der Waals surface area contributed by atoms with Crippen molar-refractivity contribution in [1.29, 1.82) is 0 Å². The second kappa shape index (κ2) is 6.33. The fourth-order valence-electron chi connectivity index (χ4n) is 1.62. The van der Waals surface area contributed by atoms with E-state index in [4.69, 9.17) is 10.8 Å². The molecule has 0 aliphatic rings. The van der Waals surface area contributed by atoms with Gasteiger partial charge in [-0.25, -0.2) is 0 Å². The molecular weight excluding hydrogens is 244 g/mol. The van der Waals surface area contributed by atoms with E-state index in [0.717, 1.165) is 5.56 Å². The van der Waals surface area contributed by atoms with E-state index in [1.54, 1.807) is 12.1 Å². The quantitative estimate of drug-likeness (QED) is 0.842. The molecule has 3 N–H and O–H groups in total. The lowest BCUT2D eigenvalue weighted by molar-refractivity contribution is -0.136. The number of carbonyl (C=O) groups is 2. The average molecular weight is 264 g/mol. The SMILES string of the molecule is Cc1ccc(N(CC(=O)O)C(=O)[C@H](N)C(C)C)cc1. The van der Waals surface area contributed by atoms with Crippen molar-refractivity contribution in [1.82, 2.24) is 0 Å². The summed E-state index contributed by atoms with van der Waals surface area (Å²) in [5.41, 5.74) is 7.41. The van der Waals surface area contributed by atoms with E-state index in [-0.39, 0.29) is 18.4 Å². The van der Waals surface area contributed by atoms with Crippen LogP contribution in [0.25, 0.3) is 0 Å². The number of amides is 1. The zero-order valence-electron chi connectivity index (χ0n) is 11.5. The van der Waals surface area contributed by atoms with Gasteiger partial charge in [-0.3, -0.25) is 14.5 Å². The van der Waals surface area contributed by atoms with E-state index in [2.05, 4.69) is 0 Å². The molecule has 1 aromatic carbocycles. The van der Waals surface area contributed by atoms with Gasteiger partial charge in [0.2, 0.25) is 5.91 Å². The van der Waals surface area contributed by atoms with E-state index >= 15 is 0 Å². The van der Waals surface area contributed by atoms with Crippen LogP contribution in [0.15, 0.2) is 24.3 Å². The van der Waals surface area contributed by atoms with Crippen molar-refractivity contribution in [3.8, 4) is 0 Å². The van der Waals surface area contributed by atoms with Crippen LogP contribution in [0.2, 0.25) is 0 Å². The maximum Gasteiger partial charge on any atom is 0.323 e. The van der Waals surface area contributed by atoms with Crippen LogP contribution in [0.4, 0.5) is 5.69 Å². The highest BCUT2D eigenvalue weighted by molar-refractivity contribution is 6.00. The van der Waals surface area contributed by atoms with Crippen LogP contribution in [0, 0.1) is 12.8 Å². The molecular formula is C14H20N2O3. The number of aryl methyl sites for hydroxylation is 1. The Balaban J connectivity index is 3.04. The first-order chi connectivity index (χ1) is 8.82. The van der Waals surface area contributed by atoms with Crippen LogP contribution in [-0.2, 0) is 9.59 Å². The molecule has 0 saturated carbocycles. The van der Waals surface area contributed by atoms with E-state index < -0.39 is 12.0 Å². The number of carboxylic acids is 1. The molecule has 0 saturated heterocycles. The van der Waals surface area contributed by atoms with Crippen molar-refractivity contribution in [3.63, 3.8) is 0 Å². The molecule has 5 nitrogen and oxygen atoms in total. The third-order valence-corrected chi connectivity index (χ3v) is 2.91. The smallest absolute Gasteiger partial charge is 0.323 e. The summed E-state index contributed by atoms with van der Waals surface area (Å²) < 4.78 is 0. The highest BCUT2D eigenvalue weighted by Crippen LogP contribution is 2.17. The van der Waals surface area contributed by atoms with Crippen molar-refractivity contribution in [2.45, 2.75) is 26.8 Å². The number of nitrogens with two attached hydrogens (primary N) is 1. The lowest BCUT2D eigenvalue weighted by atomic mass is 10.0. The topological polar surface area (TPSA) is 83.6 Å². The first-order valence-corrected chi connectivity index (χ1v) is 6.18. The van der Waals surface area contributed by atoms with Gasteiger partial charge in [-0.1, -0.05) is 31.5 Å². The molecule has 5 heteroatoms. The Morgan fingerprint density at radius 1 is 1.26 bits per heavy atom. The van der Waals surface area contributed by atoms with Crippen molar-refractivity contribution >= 4 is 17.6 Å². The Kier molecular flexibility index (Phi) is 5.06. The molecule has 104 valence electrons. The number of carbonyl (C=O) groups excluding carboxylic acids is 1. The number of aliphatic carboxylic acids is 1. The third kappa shape index (κ3) is 4.06. The largest absolute Gasteiger partial charge is 0.480 e. The van der Waals surface area contributed by atoms with Gasteiger partial charge in [0.1, 0.15) is 6.54 Å². The fraction of sp³-hybridized carbons (Fsp3) is 0.429. The number of benzene rings is 1. The van der Waals surface area contributed by atoms with Gasteiger partial charge in [0, 0.05) is 5.69 Å². The lowest BCUT2D eigenvalue weighted by Gasteiger charge is -2.26. The van der Waals surface area contributed by atoms with Crippen molar-refractivity contribution in [2.75, 3.05) is 11.4 Å². The second-order valence-electron chi connectivity index (χ2n) is 4.92. The molecule has 1 amide bonds. The Hall–Kier alpha value is -1.88. The van der Waals surface area contributed by atoms with Crippen molar-refractivity contribution in [3.05, 3.63) is 29.8 Å². The highest BCUT2D eigenvalue weighted by Gasteiger charge is 2.26. The van der Waals surface area contributed by atoms with Gasteiger partial charge in [0.15, 0.2) is 0 Å². The van der Waals surface area contributed by atoms with Gasteiger partial charge in [0.05, 0.1) is 6.04 Å². The summed E-state index contributed by atoms with van der Waals surface area (Å²) in [6, 6.07) is 6.41. The van der Waals surface area contributed by atoms with E-state index in [0.29, 0.717) is 5.69 Å². The number of nitrogens with zero attached hydrogens (tertiary/aromatic N) is 1. The minimum absolute atomic E-state index is 0.0470. The minimum atomic E-state index is -1.06. The van der Waals surface area contributed by atoms with E-state index in [1.165, 1.54) is 4.90 Å². The molecule has 0 radical (unpaired) electrons. The first kappa shape index (κ1) is 15.2. The van der Waals surface area contributed by atoms with Gasteiger partial charge in [-0.05, 0) is 25.0 Å². The van der Waals surface area contributed by atoms with Crippen LogP contribution in [0.3, 0.4) is 0 Å². The molecule has 0 spiro atoms. The van der Waals surface area contributed by atoms with Gasteiger partial charge in [0.25, 0.3) is 0 Å². The molecule has 0 bridgehead atoms. The molecule has 1 rings (SSSR count). The van der Waals surface area contributed by atoms with Gasteiger partial charge in [-0.15, -0.1) is 0 Å². The van der Waals surface area contributed by atoms with Crippen LogP contribution in [-0.4, -0.2) is 29.6 Å². The summed E-state index contributed by atoms with van der Waals surface area (Å²) in [4.78, 5) is 24.4. The lowest BCUT2D eigenvalue weighted by Crippen LogP contribution is -2.48. The number of rotatable bonds is 5. The minimum Gasteiger partial charge on any atom is -0.480 e. The number of anilines is 1. The predicted molar refractivity (Wildman–Crippen MR) is 74.0 cm³/mol. The summed E-state index contributed by atoms with van der Waals surface area (Å²) in [6.07, 6.45) is 0. The van der Waals surface area contributed by atoms with Gasteiger partial charge in [-0.2, -0.15) is 0 Å². The Bertz CT molecular complexity index is 454. The van der Waals surface area contributed by atoms with Gasteiger partial charge >= 0.3 is 5.97 Å². The normalized spacial score (nSPS) is 12.3. The molecule has 0 unspecified atom stereocenters. The van der Waals surface area contributed by atoms with E-state index in [9.17, 15) is 9.59 Å². The highest BCUT2D eigenvalue weighted by atomic mass is 16.4. The number of hydrogen-bond donors (Lipinski definition) is 2. The Labute approximate surface area is 113 Å². The van der Waals surface area contributed by atoms with E-state index in [1.807, 2.05) is 32.9 Å². The van der Waals surface area contributed by atoms with Crippen LogP contribution in [0.1, 0.15) is 19.4 Å². The van der Waals surface area contributed by atoms with Crippen molar-refractivity contribution in [2.24, 2.45) is 11.7 Å². The number of carboxylic acid groups (broad SMARTS) is 1. The van der Waals surface area contributed by atoms with Crippen LogP contribution >= 0.6 is 0 Å². The predicted octanol–water partition coefficient (Wildman–Crippen LogP) is 1.40. The van der Waals surface area contributed by atoms with Gasteiger partial charge < -0.3 is 10.8 Å². The number of hydrogen-bond acceptors (Lipinski definition) is 3. The van der Waals surface area contributed by atoms with Crippen LogP contribution in [0.5, 0.6) is 0 Å². The summed E-state index contributed by atoms with van der Waals surface area (Å²) in [7, 11) is 0. The molecule has 0 aliphatic heterocycles. The first-order valence-electron chi connectivity index (χ1n) is 6.18. The molecule has 0 fully saturated rings. The standard InChI is InChI=1S/C14H20N2O3/c1-9(2)13(15)14(19)16(8-12(17)18)11-6-4-10(3)5-7-11/h4-7,9,13H,8,15H2,1-3H3,(H,17,18)/t13-/m1/s1. The molecule has 19 heavy (non-hydrogen) atoms. The molecule has 0 heterocycles.